The second kappa shape index (κ2) is 4.84. The lowest BCUT2D eigenvalue weighted by Gasteiger charge is -2.03. The van der Waals surface area contributed by atoms with E-state index in [4.69, 9.17) is 0 Å². The van der Waals surface area contributed by atoms with Crippen molar-refractivity contribution in [2.24, 2.45) is 7.05 Å². The van der Waals surface area contributed by atoms with Crippen molar-refractivity contribution < 1.29 is 14.1 Å². The SMILES string of the molecule is Cn1c(C(=O)Nc2ccc(F)nc2)ccc1[N+](=O)[O-]. The Morgan fingerprint density at radius 3 is 2.68 bits per heavy atom. The molecule has 0 saturated heterocycles. The van der Waals surface area contributed by atoms with Crippen LogP contribution in [0.3, 0.4) is 0 Å². The molecule has 0 atom stereocenters. The number of nitrogens with zero attached hydrogens (tertiary/aromatic N) is 3. The Hall–Kier alpha value is -2.77. The molecule has 0 spiro atoms. The average Bonchev–Trinajstić information content (AvgIpc) is 2.74. The maximum Gasteiger partial charge on any atom is 0.323 e. The minimum absolute atomic E-state index is 0.121. The molecule has 0 bridgehead atoms. The highest BCUT2D eigenvalue weighted by molar-refractivity contribution is 6.03. The number of anilines is 1. The van der Waals surface area contributed by atoms with Crippen LogP contribution < -0.4 is 5.32 Å². The van der Waals surface area contributed by atoms with Crippen LogP contribution in [0.4, 0.5) is 15.9 Å². The molecule has 2 rings (SSSR count). The molecular weight excluding hydrogens is 255 g/mol. The van der Waals surface area contributed by atoms with Gasteiger partial charge in [-0.15, -0.1) is 0 Å². The van der Waals surface area contributed by atoms with Gasteiger partial charge in [0.05, 0.1) is 18.9 Å². The van der Waals surface area contributed by atoms with Gasteiger partial charge in [0.2, 0.25) is 5.95 Å². The van der Waals surface area contributed by atoms with Crippen molar-refractivity contribution in [3.05, 3.63) is 52.2 Å². The van der Waals surface area contributed by atoms with Crippen molar-refractivity contribution in [1.82, 2.24) is 9.55 Å². The first kappa shape index (κ1) is 12.7. The van der Waals surface area contributed by atoms with E-state index in [1.165, 1.54) is 25.2 Å². The summed E-state index contributed by atoms with van der Waals surface area (Å²) in [5.41, 5.74) is 0.422. The van der Waals surface area contributed by atoms with Gasteiger partial charge in [-0.25, -0.2) is 9.55 Å². The Kier molecular flexibility index (Phi) is 3.23. The summed E-state index contributed by atoms with van der Waals surface area (Å²) in [6.07, 6.45) is 1.16. The highest BCUT2D eigenvalue weighted by Crippen LogP contribution is 2.16. The van der Waals surface area contributed by atoms with E-state index in [9.17, 15) is 19.3 Å². The van der Waals surface area contributed by atoms with E-state index in [1.54, 1.807) is 0 Å². The van der Waals surface area contributed by atoms with Gasteiger partial charge >= 0.3 is 5.82 Å². The number of carbonyl (C=O) groups excluding carboxylic acids is 1. The number of hydrogen-bond acceptors (Lipinski definition) is 4. The Morgan fingerprint density at radius 1 is 1.42 bits per heavy atom. The molecule has 98 valence electrons. The molecular formula is C11H9FN4O3. The summed E-state index contributed by atoms with van der Waals surface area (Å²) in [7, 11) is 1.41. The zero-order valence-electron chi connectivity index (χ0n) is 9.83. The van der Waals surface area contributed by atoms with Crippen molar-refractivity contribution in [3.8, 4) is 0 Å². The Bertz CT molecular complexity index is 636. The van der Waals surface area contributed by atoms with Gasteiger partial charge in [0.1, 0.15) is 0 Å². The highest BCUT2D eigenvalue weighted by atomic mass is 19.1. The average molecular weight is 264 g/mol. The van der Waals surface area contributed by atoms with E-state index in [0.717, 1.165) is 16.8 Å². The predicted octanol–water partition coefficient (Wildman–Crippen LogP) is 1.72. The largest absolute Gasteiger partial charge is 0.358 e. The lowest BCUT2D eigenvalue weighted by Crippen LogP contribution is -2.16. The number of rotatable bonds is 3. The van der Waals surface area contributed by atoms with Crippen molar-refractivity contribution in [2.45, 2.75) is 0 Å². The standard InChI is InChI=1S/C11H9FN4O3/c1-15-8(3-5-10(15)16(18)19)11(17)14-7-2-4-9(12)13-6-7/h2-6H,1H3,(H,14,17). The Labute approximate surface area is 106 Å². The van der Waals surface area contributed by atoms with Crippen LogP contribution in [-0.4, -0.2) is 20.4 Å². The maximum absolute atomic E-state index is 12.6. The quantitative estimate of drug-likeness (QED) is 0.519. The molecule has 2 aromatic rings. The van der Waals surface area contributed by atoms with Crippen LogP contribution in [0.2, 0.25) is 0 Å². The number of carbonyl (C=O) groups is 1. The fourth-order valence-electron chi connectivity index (χ4n) is 1.56. The van der Waals surface area contributed by atoms with Crippen molar-refractivity contribution in [2.75, 3.05) is 5.32 Å². The van der Waals surface area contributed by atoms with Crippen LogP contribution in [0.15, 0.2) is 30.5 Å². The molecule has 0 aliphatic carbocycles. The molecule has 2 heterocycles. The smallest absolute Gasteiger partial charge is 0.323 e. The van der Waals surface area contributed by atoms with Crippen molar-refractivity contribution in [1.29, 1.82) is 0 Å². The van der Waals surface area contributed by atoms with Gasteiger partial charge in [-0.3, -0.25) is 4.79 Å². The topological polar surface area (TPSA) is 90.1 Å². The predicted molar refractivity (Wildman–Crippen MR) is 64.2 cm³/mol. The van der Waals surface area contributed by atoms with Gasteiger partial charge in [0.25, 0.3) is 5.91 Å². The number of nitrogens with one attached hydrogen (secondary N) is 1. The zero-order valence-corrected chi connectivity index (χ0v) is 9.83. The number of hydrogen-bond donors (Lipinski definition) is 1. The minimum atomic E-state index is -0.660. The third-order valence-corrected chi connectivity index (χ3v) is 2.50. The first-order valence-corrected chi connectivity index (χ1v) is 5.22. The first-order chi connectivity index (χ1) is 8.99. The fraction of sp³-hybridized carbons (Fsp3) is 0.0909. The second-order valence-electron chi connectivity index (χ2n) is 3.72. The number of halogens is 1. The van der Waals surface area contributed by atoms with E-state index in [1.807, 2.05) is 0 Å². The fourth-order valence-corrected chi connectivity index (χ4v) is 1.56. The van der Waals surface area contributed by atoms with Crippen LogP contribution in [-0.2, 0) is 7.05 Å². The van der Waals surface area contributed by atoms with Gasteiger partial charge in [-0.1, -0.05) is 0 Å². The van der Waals surface area contributed by atoms with Crippen LogP contribution in [0.1, 0.15) is 10.5 Å². The van der Waals surface area contributed by atoms with Gasteiger partial charge < -0.3 is 15.4 Å². The highest BCUT2D eigenvalue weighted by Gasteiger charge is 2.20. The summed E-state index contributed by atoms with van der Waals surface area (Å²) in [5.74, 6) is -1.39. The maximum atomic E-state index is 12.6. The Balaban J connectivity index is 2.21. The normalized spacial score (nSPS) is 10.2. The summed E-state index contributed by atoms with van der Waals surface area (Å²) < 4.78 is 13.8. The molecule has 0 radical (unpaired) electrons. The molecule has 1 amide bonds. The van der Waals surface area contributed by atoms with Crippen molar-refractivity contribution >= 4 is 17.4 Å². The third kappa shape index (κ3) is 2.57. The summed E-state index contributed by atoms with van der Waals surface area (Å²) in [6, 6.07) is 5.02. The summed E-state index contributed by atoms with van der Waals surface area (Å²) >= 11 is 0. The molecule has 0 fully saturated rings. The monoisotopic (exact) mass is 264 g/mol. The van der Waals surface area contributed by atoms with E-state index in [0.29, 0.717) is 5.69 Å². The molecule has 8 heteroatoms. The van der Waals surface area contributed by atoms with Crippen LogP contribution in [0, 0.1) is 16.1 Å². The van der Waals surface area contributed by atoms with E-state index in [-0.39, 0.29) is 11.5 Å². The van der Waals surface area contributed by atoms with E-state index >= 15 is 0 Å². The molecule has 1 N–H and O–H groups in total. The van der Waals surface area contributed by atoms with Crippen molar-refractivity contribution in [3.63, 3.8) is 0 Å². The minimum Gasteiger partial charge on any atom is -0.358 e. The number of amides is 1. The van der Waals surface area contributed by atoms with E-state index in [2.05, 4.69) is 10.3 Å². The molecule has 0 aromatic carbocycles. The Morgan fingerprint density at radius 2 is 2.16 bits per heavy atom. The lowest BCUT2D eigenvalue weighted by molar-refractivity contribution is -0.391. The van der Waals surface area contributed by atoms with Crippen LogP contribution >= 0.6 is 0 Å². The first-order valence-electron chi connectivity index (χ1n) is 5.22. The summed E-state index contributed by atoms with van der Waals surface area (Å²) in [6.45, 7) is 0. The van der Waals surface area contributed by atoms with Gasteiger partial charge in [-0.2, -0.15) is 4.39 Å². The van der Waals surface area contributed by atoms with Gasteiger partial charge in [0.15, 0.2) is 5.69 Å². The van der Waals surface area contributed by atoms with Gasteiger partial charge in [-0.05, 0) is 23.1 Å². The molecule has 0 aliphatic rings. The molecule has 0 aliphatic heterocycles. The molecule has 2 aromatic heterocycles. The molecule has 0 saturated carbocycles. The molecule has 19 heavy (non-hydrogen) atoms. The number of nitro groups is 1. The lowest BCUT2D eigenvalue weighted by atomic mass is 10.3. The molecule has 0 unspecified atom stereocenters. The number of pyridine rings is 1. The van der Waals surface area contributed by atoms with Crippen LogP contribution in [0.5, 0.6) is 0 Å². The summed E-state index contributed by atoms with van der Waals surface area (Å²) in [4.78, 5) is 25.3. The summed E-state index contributed by atoms with van der Waals surface area (Å²) in [5, 5.41) is 13.1. The van der Waals surface area contributed by atoms with Gasteiger partial charge in [0, 0.05) is 6.07 Å². The van der Waals surface area contributed by atoms with Crippen LogP contribution in [0.25, 0.3) is 0 Å². The second-order valence-corrected chi connectivity index (χ2v) is 3.72. The molecule has 7 nitrogen and oxygen atoms in total. The van der Waals surface area contributed by atoms with E-state index < -0.39 is 16.8 Å². The zero-order chi connectivity index (χ0) is 14.0. The number of aromatic nitrogens is 2. The third-order valence-electron chi connectivity index (χ3n) is 2.50.